The SMILES string of the molecule is Cc1ccc(NC(=O)c2oc3c(c2C)/C(=N\NC(N)=S)CC(C)(C)C3)cc1C. The molecule has 0 spiro atoms. The maximum atomic E-state index is 12.9. The molecule has 1 heterocycles. The van der Waals surface area contributed by atoms with Crippen molar-refractivity contribution in [3.05, 3.63) is 52.0 Å². The number of fused-ring (bicyclic) bond motifs is 1. The van der Waals surface area contributed by atoms with Gasteiger partial charge in [0.1, 0.15) is 5.76 Å². The van der Waals surface area contributed by atoms with Crippen LogP contribution in [-0.2, 0) is 6.42 Å². The van der Waals surface area contributed by atoms with Crippen LogP contribution in [0.1, 0.15) is 58.8 Å². The van der Waals surface area contributed by atoms with Gasteiger partial charge in [-0.1, -0.05) is 19.9 Å². The van der Waals surface area contributed by atoms with Gasteiger partial charge in [-0.05, 0) is 68.1 Å². The average molecular weight is 399 g/mol. The summed E-state index contributed by atoms with van der Waals surface area (Å²) in [5, 5.41) is 7.40. The average Bonchev–Trinajstić information content (AvgIpc) is 2.91. The third-order valence-corrected chi connectivity index (χ3v) is 5.16. The van der Waals surface area contributed by atoms with E-state index in [1.807, 2.05) is 39.0 Å². The van der Waals surface area contributed by atoms with E-state index in [-0.39, 0.29) is 16.4 Å². The van der Waals surface area contributed by atoms with Gasteiger partial charge in [0, 0.05) is 23.2 Å². The number of hydrogen-bond donors (Lipinski definition) is 3. The van der Waals surface area contributed by atoms with Crippen molar-refractivity contribution in [2.45, 2.75) is 47.5 Å². The predicted molar refractivity (Wildman–Crippen MR) is 116 cm³/mol. The second-order valence-electron chi connectivity index (χ2n) is 8.16. The molecule has 0 aliphatic heterocycles. The summed E-state index contributed by atoms with van der Waals surface area (Å²) in [6, 6.07) is 5.83. The molecule has 148 valence electrons. The van der Waals surface area contributed by atoms with Crippen LogP contribution in [0.3, 0.4) is 0 Å². The number of furan rings is 1. The number of nitrogens with two attached hydrogens (primary N) is 1. The van der Waals surface area contributed by atoms with Gasteiger partial charge in [0.15, 0.2) is 10.9 Å². The molecule has 28 heavy (non-hydrogen) atoms. The van der Waals surface area contributed by atoms with E-state index in [1.165, 1.54) is 5.56 Å². The smallest absolute Gasteiger partial charge is 0.291 e. The van der Waals surface area contributed by atoms with Crippen molar-refractivity contribution in [3.63, 3.8) is 0 Å². The molecular weight excluding hydrogens is 372 g/mol. The Kier molecular flexibility index (Phi) is 5.30. The summed E-state index contributed by atoms with van der Waals surface area (Å²) in [5.41, 5.74) is 13.6. The van der Waals surface area contributed by atoms with Crippen molar-refractivity contribution in [1.29, 1.82) is 0 Å². The van der Waals surface area contributed by atoms with E-state index in [1.54, 1.807) is 0 Å². The molecule has 0 radical (unpaired) electrons. The van der Waals surface area contributed by atoms with Gasteiger partial charge in [-0.3, -0.25) is 10.2 Å². The van der Waals surface area contributed by atoms with Crippen molar-refractivity contribution in [2.24, 2.45) is 16.3 Å². The lowest BCUT2D eigenvalue weighted by Gasteiger charge is -2.29. The molecule has 3 rings (SSSR count). The fraction of sp³-hybridized carbons (Fsp3) is 0.381. The maximum Gasteiger partial charge on any atom is 0.291 e. The minimum Gasteiger partial charge on any atom is -0.455 e. The zero-order valence-electron chi connectivity index (χ0n) is 16.9. The van der Waals surface area contributed by atoms with Crippen LogP contribution in [0, 0.1) is 26.2 Å². The monoisotopic (exact) mass is 398 g/mol. The molecule has 4 N–H and O–H groups in total. The summed E-state index contributed by atoms with van der Waals surface area (Å²) in [7, 11) is 0. The molecule has 0 fully saturated rings. The number of benzene rings is 1. The molecular formula is C21H26N4O2S. The molecule has 1 aliphatic carbocycles. The maximum absolute atomic E-state index is 12.9. The summed E-state index contributed by atoms with van der Waals surface area (Å²) in [4.78, 5) is 12.9. The summed E-state index contributed by atoms with van der Waals surface area (Å²) < 4.78 is 6.01. The number of hydrazone groups is 1. The summed E-state index contributed by atoms with van der Waals surface area (Å²) >= 11 is 4.86. The van der Waals surface area contributed by atoms with Crippen molar-refractivity contribution in [3.8, 4) is 0 Å². The van der Waals surface area contributed by atoms with Crippen LogP contribution in [0.25, 0.3) is 0 Å². The number of nitrogens with zero attached hydrogens (tertiary/aromatic N) is 1. The lowest BCUT2D eigenvalue weighted by Crippen LogP contribution is -2.31. The fourth-order valence-corrected chi connectivity index (χ4v) is 3.60. The number of hydrogen-bond acceptors (Lipinski definition) is 4. The van der Waals surface area contributed by atoms with E-state index in [9.17, 15) is 4.79 Å². The second kappa shape index (κ2) is 7.39. The predicted octanol–water partition coefficient (Wildman–Crippen LogP) is 3.97. The molecule has 0 bridgehead atoms. The minimum atomic E-state index is -0.269. The van der Waals surface area contributed by atoms with E-state index in [0.29, 0.717) is 5.76 Å². The van der Waals surface area contributed by atoms with Crippen LogP contribution in [0.15, 0.2) is 27.7 Å². The lowest BCUT2D eigenvalue weighted by atomic mass is 9.75. The molecule has 0 saturated carbocycles. The van der Waals surface area contributed by atoms with Crippen LogP contribution in [0.5, 0.6) is 0 Å². The molecule has 0 unspecified atom stereocenters. The minimum absolute atomic E-state index is 0.0458. The summed E-state index contributed by atoms with van der Waals surface area (Å²) in [6.45, 7) is 10.2. The first-order valence-corrected chi connectivity index (χ1v) is 9.61. The number of carbonyl (C=O) groups excluding carboxylic acids is 1. The Morgan fingerprint density at radius 3 is 2.57 bits per heavy atom. The third-order valence-electron chi connectivity index (χ3n) is 5.07. The fourth-order valence-electron chi connectivity index (χ4n) is 3.56. The van der Waals surface area contributed by atoms with Gasteiger partial charge in [-0.25, -0.2) is 0 Å². The molecule has 0 atom stereocenters. The van der Waals surface area contributed by atoms with Gasteiger partial charge in [0.05, 0.1) is 5.71 Å². The van der Waals surface area contributed by atoms with Gasteiger partial charge in [0.2, 0.25) is 0 Å². The zero-order chi connectivity index (χ0) is 20.6. The molecule has 1 aliphatic rings. The van der Waals surface area contributed by atoms with Crippen LogP contribution in [0.4, 0.5) is 5.69 Å². The highest BCUT2D eigenvalue weighted by atomic mass is 32.1. The molecule has 1 aromatic heterocycles. The van der Waals surface area contributed by atoms with Crippen molar-refractivity contribution < 1.29 is 9.21 Å². The van der Waals surface area contributed by atoms with Gasteiger partial charge < -0.3 is 15.5 Å². The standard InChI is InChI=1S/C21H26N4O2S/c1-11-6-7-14(8-12(11)2)23-19(26)18-13(3)17-15(24-25-20(22)28)9-21(4,5)10-16(17)27-18/h6-8H,9-10H2,1-5H3,(H,23,26)(H3,22,25,28)/b24-15-. The largest absolute Gasteiger partial charge is 0.455 e. The molecule has 7 heteroatoms. The quantitative estimate of drug-likeness (QED) is 0.537. The molecule has 6 nitrogen and oxygen atoms in total. The highest BCUT2D eigenvalue weighted by Crippen LogP contribution is 2.39. The number of anilines is 1. The normalized spacial score (nSPS) is 16.5. The van der Waals surface area contributed by atoms with Gasteiger partial charge in [-0.2, -0.15) is 5.10 Å². The van der Waals surface area contributed by atoms with E-state index in [2.05, 4.69) is 29.7 Å². The Labute approximate surface area is 170 Å². The Balaban J connectivity index is 1.96. The van der Waals surface area contributed by atoms with Gasteiger partial charge >= 0.3 is 0 Å². The summed E-state index contributed by atoms with van der Waals surface area (Å²) in [6.07, 6.45) is 1.46. The van der Waals surface area contributed by atoms with Crippen LogP contribution in [-0.4, -0.2) is 16.7 Å². The third kappa shape index (κ3) is 4.09. The zero-order valence-corrected chi connectivity index (χ0v) is 17.7. The van der Waals surface area contributed by atoms with Gasteiger partial charge in [-0.15, -0.1) is 0 Å². The first-order valence-electron chi connectivity index (χ1n) is 9.20. The lowest BCUT2D eigenvalue weighted by molar-refractivity contribution is 0.0993. The Morgan fingerprint density at radius 2 is 1.93 bits per heavy atom. The first kappa shape index (κ1) is 20.1. The topological polar surface area (TPSA) is 92.6 Å². The van der Waals surface area contributed by atoms with E-state index >= 15 is 0 Å². The Bertz CT molecular complexity index is 989. The van der Waals surface area contributed by atoms with Gasteiger partial charge in [0.25, 0.3) is 5.91 Å². The molecule has 1 amide bonds. The number of amides is 1. The highest BCUT2D eigenvalue weighted by molar-refractivity contribution is 7.80. The van der Waals surface area contributed by atoms with E-state index in [0.717, 1.165) is 46.7 Å². The number of nitrogens with one attached hydrogen (secondary N) is 2. The second-order valence-corrected chi connectivity index (χ2v) is 8.60. The number of carbonyl (C=O) groups is 1. The number of rotatable bonds is 3. The summed E-state index contributed by atoms with van der Waals surface area (Å²) in [5.74, 6) is 0.807. The highest BCUT2D eigenvalue weighted by Gasteiger charge is 2.36. The van der Waals surface area contributed by atoms with E-state index < -0.39 is 0 Å². The number of aryl methyl sites for hydroxylation is 2. The van der Waals surface area contributed by atoms with Crippen LogP contribution >= 0.6 is 12.2 Å². The van der Waals surface area contributed by atoms with Crippen molar-refractivity contribution in [2.75, 3.05) is 5.32 Å². The van der Waals surface area contributed by atoms with Crippen molar-refractivity contribution >= 4 is 34.6 Å². The van der Waals surface area contributed by atoms with Crippen LogP contribution in [0.2, 0.25) is 0 Å². The Morgan fingerprint density at radius 1 is 1.21 bits per heavy atom. The Hall–Kier alpha value is -2.67. The first-order chi connectivity index (χ1) is 13.1. The van der Waals surface area contributed by atoms with Crippen LogP contribution < -0.4 is 16.5 Å². The van der Waals surface area contributed by atoms with Crippen molar-refractivity contribution in [1.82, 2.24) is 5.43 Å². The molecule has 0 saturated heterocycles. The number of thiocarbonyl (C=S) groups is 1. The molecule has 1 aromatic carbocycles. The van der Waals surface area contributed by atoms with E-state index in [4.69, 9.17) is 22.4 Å². The molecule has 2 aromatic rings.